The number of anilines is 1. The Morgan fingerprint density at radius 2 is 1.70 bits per heavy atom. The van der Waals surface area contributed by atoms with Crippen molar-refractivity contribution in [3.63, 3.8) is 0 Å². The molecule has 1 saturated heterocycles. The van der Waals surface area contributed by atoms with E-state index in [1.165, 1.54) is 5.56 Å². The Balaban J connectivity index is 1.49. The van der Waals surface area contributed by atoms with Crippen LogP contribution in [-0.4, -0.2) is 60.8 Å². The fourth-order valence-corrected chi connectivity index (χ4v) is 3.77. The van der Waals surface area contributed by atoms with Gasteiger partial charge in [0.15, 0.2) is 11.5 Å². The monoisotopic (exact) mass is 406 g/mol. The lowest BCUT2D eigenvalue weighted by Crippen LogP contribution is -2.49. The van der Waals surface area contributed by atoms with Gasteiger partial charge < -0.3 is 19.3 Å². The average molecular weight is 406 g/mol. The van der Waals surface area contributed by atoms with Crippen LogP contribution in [0.1, 0.15) is 15.9 Å². The zero-order chi connectivity index (χ0) is 21.1. The number of aryl methyl sites for hydroxylation is 1. The third-order valence-electron chi connectivity index (χ3n) is 5.42. The fraction of sp³-hybridized carbons (Fsp3) is 0.304. The highest BCUT2D eigenvalue weighted by Crippen LogP contribution is 2.32. The van der Waals surface area contributed by atoms with Gasteiger partial charge in [-0.25, -0.2) is 4.98 Å². The predicted molar refractivity (Wildman–Crippen MR) is 116 cm³/mol. The van der Waals surface area contributed by atoms with Gasteiger partial charge in [0.1, 0.15) is 0 Å². The standard InChI is InChI=1S/C23H26N4O3/c1-17-7-9-18(10-8-17)27-12-11-24-23(27)26-15-13-25(14-16-26)22(28)19-5-4-6-20(29-2)21(19)30-3/h4-12H,13-16H2,1-3H3. The quantitative estimate of drug-likeness (QED) is 0.651. The molecule has 1 aliphatic heterocycles. The second-order valence-electron chi connectivity index (χ2n) is 7.25. The van der Waals surface area contributed by atoms with Crippen molar-refractivity contribution in [1.82, 2.24) is 14.5 Å². The van der Waals surface area contributed by atoms with Gasteiger partial charge in [-0.3, -0.25) is 9.36 Å². The molecule has 0 bridgehead atoms. The molecule has 0 N–H and O–H groups in total. The van der Waals surface area contributed by atoms with Crippen molar-refractivity contribution in [2.75, 3.05) is 45.3 Å². The summed E-state index contributed by atoms with van der Waals surface area (Å²) >= 11 is 0. The van der Waals surface area contributed by atoms with Gasteiger partial charge >= 0.3 is 0 Å². The summed E-state index contributed by atoms with van der Waals surface area (Å²) in [5.41, 5.74) is 2.82. The first-order chi connectivity index (χ1) is 14.6. The highest BCUT2D eigenvalue weighted by atomic mass is 16.5. The van der Waals surface area contributed by atoms with Crippen molar-refractivity contribution in [2.45, 2.75) is 6.92 Å². The molecule has 1 amide bonds. The van der Waals surface area contributed by atoms with Gasteiger partial charge in [0, 0.05) is 44.3 Å². The number of imidazole rings is 1. The molecule has 0 radical (unpaired) electrons. The van der Waals surface area contributed by atoms with Crippen LogP contribution in [0.15, 0.2) is 54.9 Å². The molecular weight excluding hydrogens is 380 g/mol. The normalized spacial score (nSPS) is 14.0. The molecule has 7 nitrogen and oxygen atoms in total. The van der Waals surface area contributed by atoms with E-state index in [0.29, 0.717) is 43.2 Å². The number of rotatable bonds is 5. The van der Waals surface area contributed by atoms with Crippen molar-refractivity contribution in [3.8, 4) is 17.2 Å². The number of para-hydroxylation sites is 1. The number of amides is 1. The average Bonchev–Trinajstić information content (AvgIpc) is 3.28. The number of methoxy groups -OCH3 is 2. The second-order valence-corrected chi connectivity index (χ2v) is 7.25. The molecule has 1 aliphatic rings. The molecule has 4 rings (SSSR count). The zero-order valence-corrected chi connectivity index (χ0v) is 17.5. The molecule has 30 heavy (non-hydrogen) atoms. The SMILES string of the molecule is COc1cccc(C(=O)N2CCN(c3nccn3-c3ccc(C)cc3)CC2)c1OC. The maximum Gasteiger partial charge on any atom is 0.257 e. The Hall–Kier alpha value is -3.48. The molecule has 156 valence electrons. The first-order valence-corrected chi connectivity index (χ1v) is 9.98. The van der Waals surface area contributed by atoms with E-state index in [4.69, 9.17) is 9.47 Å². The first-order valence-electron chi connectivity index (χ1n) is 9.98. The van der Waals surface area contributed by atoms with Gasteiger partial charge in [-0.1, -0.05) is 23.8 Å². The lowest BCUT2D eigenvalue weighted by Gasteiger charge is -2.35. The number of carbonyl (C=O) groups is 1. The maximum absolute atomic E-state index is 13.1. The van der Waals surface area contributed by atoms with Crippen molar-refractivity contribution < 1.29 is 14.3 Å². The summed E-state index contributed by atoms with van der Waals surface area (Å²) in [6.45, 7) is 4.72. The molecule has 0 spiro atoms. The molecule has 1 aromatic heterocycles. The minimum absolute atomic E-state index is 0.0488. The number of benzene rings is 2. The summed E-state index contributed by atoms with van der Waals surface area (Å²) in [5, 5.41) is 0. The minimum atomic E-state index is -0.0488. The summed E-state index contributed by atoms with van der Waals surface area (Å²) < 4.78 is 12.8. The molecule has 2 heterocycles. The molecular formula is C23H26N4O3. The third kappa shape index (κ3) is 3.70. The van der Waals surface area contributed by atoms with E-state index in [2.05, 4.69) is 45.6 Å². The minimum Gasteiger partial charge on any atom is -0.493 e. The topological polar surface area (TPSA) is 59.8 Å². The summed E-state index contributed by atoms with van der Waals surface area (Å²) in [6, 6.07) is 13.8. The van der Waals surface area contributed by atoms with Crippen LogP contribution in [0.3, 0.4) is 0 Å². The van der Waals surface area contributed by atoms with Crippen LogP contribution in [0.25, 0.3) is 5.69 Å². The van der Waals surface area contributed by atoms with Crippen LogP contribution in [0.2, 0.25) is 0 Å². The van der Waals surface area contributed by atoms with E-state index >= 15 is 0 Å². The molecule has 3 aromatic rings. The Morgan fingerprint density at radius 1 is 0.967 bits per heavy atom. The van der Waals surface area contributed by atoms with Gasteiger partial charge in [-0.05, 0) is 31.2 Å². The third-order valence-corrected chi connectivity index (χ3v) is 5.42. The van der Waals surface area contributed by atoms with Gasteiger partial charge in [-0.2, -0.15) is 0 Å². The van der Waals surface area contributed by atoms with Crippen molar-refractivity contribution in [3.05, 3.63) is 66.0 Å². The molecule has 1 fully saturated rings. The van der Waals surface area contributed by atoms with Crippen LogP contribution < -0.4 is 14.4 Å². The first kappa shape index (κ1) is 19.8. The van der Waals surface area contributed by atoms with Crippen LogP contribution in [0, 0.1) is 6.92 Å². The number of nitrogens with zero attached hydrogens (tertiary/aromatic N) is 4. The number of carbonyl (C=O) groups excluding carboxylic acids is 1. The van der Waals surface area contributed by atoms with Crippen LogP contribution in [-0.2, 0) is 0 Å². The molecule has 0 aliphatic carbocycles. The van der Waals surface area contributed by atoms with Gasteiger partial charge in [0.05, 0.1) is 19.8 Å². The summed E-state index contributed by atoms with van der Waals surface area (Å²) in [4.78, 5) is 21.7. The fourth-order valence-electron chi connectivity index (χ4n) is 3.77. The van der Waals surface area contributed by atoms with Crippen LogP contribution >= 0.6 is 0 Å². The smallest absolute Gasteiger partial charge is 0.257 e. The molecule has 2 aromatic carbocycles. The number of hydrogen-bond acceptors (Lipinski definition) is 5. The second kappa shape index (κ2) is 8.49. The summed E-state index contributed by atoms with van der Waals surface area (Å²) in [5.74, 6) is 1.88. The largest absolute Gasteiger partial charge is 0.493 e. The lowest BCUT2D eigenvalue weighted by molar-refractivity contribution is 0.0742. The van der Waals surface area contributed by atoms with E-state index in [1.807, 2.05) is 23.4 Å². The molecule has 0 saturated carbocycles. The summed E-state index contributed by atoms with van der Waals surface area (Å²) in [6.07, 6.45) is 3.78. The predicted octanol–water partition coefficient (Wildman–Crippen LogP) is 3.16. The van der Waals surface area contributed by atoms with E-state index in [0.717, 1.165) is 11.6 Å². The Kier molecular flexibility index (Phi) is 5.61. The Bertz CT molecular complexity index is 1020. The van der Waals surface area contributed by atoms with Crippen molar-refractivity contribution in [1.29, 1.82) is 0 Å². The zero-order valence-electron chi connectivity index (χ0n) is 17.5. The van der Waals surface area contributed by atoms with E-state index in [-0.39, 0.29) is 5.91 Å². The van der Waals surface area contributed by atoms with Crippen LogP contribution in [0.4, 0.5) is 5.95 Å². The van der Waals surface area contributed by atoms with E-state index in [9.17, 15) is 4.79 Å². The maximum atomic E-state index is 13.1. The van der Waals surface area contributed by atoms with Gasteiger partial charge in [0.2, 0.25) is 5.95 Å². The Labute approximate surface area is 176 Å². The van der Waals surface area contributed by atoms with Gasteiger partial charge in [0.25, 0.3) is 5.91 Å². The van der Waals surface area contributed by atoms with E-state index < -0.39 is 0 Å². The number of ether oxygens (including phenoxy) is 2. The Morgan fingerprint density at radius 3 is 2.37 bits per heavy atom. The highest BCUT2D eigenvalue weighted by Gasteiger charge is 2.27. The van der Waals surface area contributed by atoms with E-state index in [1.54, 1.807) is 26.4 Å². The van der Waals surface area contributed by atoms with Crippen molar-refractivity contribution in [2.24, 2.45) is 0 Å². The highest BCUT2D eigenvalue weighted by molar-refractivity contribution is 5.98. The number of piperazine rings is 1. The number of aromatic nitrogens is 2. The molecule has 7 heteroatoms. The van der Waals surface area contributed by atoms with Crippen molar-refractivity contribution >= 4 is 11.9 Å². The summed E-state index contributed by atoms with van der Waals surface area (Å²) in [7, 11) is 3.12. The lowest BCUT2D eigenvalue weighted by atomic mass is 10.1. The van der Waals surface area contributed by atoms with Crippen LogP contribution in [0.5, 0.6) is 11.5 Å². The van der Waals surface area contributed by atoms with Gasteiger partial charge in [-0.15, -0.1) is 0 Å². The number of hydrogen-bond donors (Lipinski definition) is 0. The molecule has 0 atom stereocenters. The molecule has 0 unspecified atom stereocenters.